The van der Waals surface area contributed by atoms with Crippen molar-refractivity contribution in [1.29, 1.82) is 0 Å². The molecule has 5 nitrogen and oxygen atoms in total. The van der Waals surface area contributed by atoms with E-state index in [2.05, 4.69) is 15.6 Å². The third-order valence-electron chi connectivity index (χ3n) is 2.29. The number of benzene rings is 1. The highest BCUT2D eigenvalue weighted by atomic mass is 15.2. The van der Waals surface area contributed by atoms with Crippen molar-refractivity contribution < 1.29 is 0 Å². The number of nitrogens with two attached hydrogens (primary N) is 1. The van der Waals surface area contributed by atoms with E-state index in [-0.39, 0.29) is 0 Å². The molecule has 0 saturated heterocycles. The average molecular weight is 203 g/mol. The molecule has 0 aliphatic carbocycles. The molecule has 2 rings (SSSR count). The first-order chi connectivity index (χ1) is 7.29. The van der Waals surface area contributed by atoms with Gasteiger partial charge in [0.05, 0.1) is 0 Å². The lowest BCUT2D eigenvalue weighted by Crippen LogP contribution is -2.06. The predicted molar refractivity (Wildman–Crippen MR) is 58.1 cm³/mol. The van der Waals surface area contributed by atoms with Gasteiger partial charge >= 0.3 is 0 Å². The van der Waals surface area contributed by atoms with E-state index in [9.17, 15) is 0 Å². The van der Waals surface area contributed by atoms with Gasteiger partial charge in [0.2, 0.25) is 0 Å². The van der Waals surface area contributed by atoms with Gasteiger partial charge in [0.15, 0.2) is 0 Å². The molecule has 0 aliphatic heterocycles. The molecule has 0 amide bonds. The summed E-state index contributed by atoms with van der Waals surface area (Å²) in [5.41, 5.74) is 4.68. The third kappa shape index (κ3) is 2.13. The Bertz CT molecular complexity index is 431. The Kier molecular flexibility index (Phi) is 2.64. The van der Waals surface area contributed by atoms with E-state index in [0.29, 0.717) is 0 Å². The molecule has 2 aromatic rings. The molecule has 0 fully saturated rings. The van der Waals surface area contributed by atoms with Crippen LogP contribution in [0.3, 0.4) is 0 Å². The van der Waals surface area contributed by atoms with Crippen LogP contribution < -0.4 is 11.3 Å². The van der Waals surface area contributed by atoms with Crippen LogP contribution in [-0.4, -0.2) is 14.8 Å². The van der Waals surface area contributed by atoms with Crippen LogP contribution in [0.15, 0.2) is 30.6 Å². The number of nitrogens with one attached hydrogen (secondary N) is 1. The van der Waals surface area contributed by atoms with E-state index in [0.717, 1.165) is 17.9 Å². The van der Waals surface area contributed by atoms with Gasteiger partial charge in [-0.2, -0.15) is 0 Å². The molecule has 15 heavy (non-hydrogen) atoms. The Morgan fingerprint density at radius 2 is 2.07 bits per heavy atom. The van der Waals surface area contributed by atoms with Gasteiger partial charge in [-0.15, -0.1) is 10.2 Å². The fourth-order valence-corrected chi connectivity index (χ4v) is 1.37. The molecule has 1 heterocycles. The third-order valence-corrected chi connectivity index (χ3v) is 2.29. The van der Waals surface area contributed by atoms with Crippen LogP contribution in [-0.2, 0) is 13.5 Å². The SMILES string of the molecule is Cn1cnnc1Cc1ccc(NN)cc1. The Morgan fingerprint density at radius 3 is 2.60 bits per heavy atom. The summed E-state index contributed by atoms with van der Waals surface area (Å²) in [5.74, 6) is 6.23. The van der Waals surface area contributed by atoms with Crippen LogP contribution in [0.5, 0.6) is 0 Å². The van der Waals surface area contributed by atoms with Crippen molar-refractivity contribution in [2.75, 3.05) is 5.43 Å². The van der Waals surface area contributed by atoms with Crippen molar-refractivity contribution >= 4 is 5.69 Å². The molecule has 0 aliphatic rings. The molecule has 1 aromatic carbocycles. The van der Waals surface area contributed by atoms with Crippen LogP contribution >= 0.6 is 0 Å². The van der Waals surface area contributed by atoms with Crippen LogP contribution in [0.1, 0.15) is 11.4 Å². The van der Waals surface area contributed by atoms with Crippen LogP contribution in [0.2, 0.25) is 0 Å². The predicted octanol–water partition coefficient (Wildman–Crippen LogP) is 0.691. The highest BCUT2D eigenvalue weighted by molar-refractivity contribution is 5.43. The summed E-state index contributed by atoms with van der Waals surface area (Å²) < 4.78 is 1.91. The van der Waals surface area contributed by atoms with Crippen LogP contribution in [0.4, 0.5) is 5.69 Å². The minimum atomic E-state index is 0.779. The minimum absolute atomic E-state index is 0.779. The summed E-state index contributed by atoms with van der Waals surface area (Å²) >= 11 is 0. The van der Waals surface area contributed by atoms with Gasteiger partial charge in [-0.3, -0.25) is 5.84 Å². The first-order valence-electron chi connectivity index (χ1n) is 4.68. The molecule has 0 atom stereocenters. The van der Waals surface area contributed by atoms with Crippen molar-refractivity contribution in [3.8, 4) is 0 Å². The number of hydrogen-bond acceptors (Lipinski definition) is 4. The molecular weight excluding hydrogens is 190 g/mol. The first-order valence-corrected chi connectivity index (χ1v) is 4.68. The van der Waals surface area contributed by atoms with E-state index >= 15 is 0 Å². The molecule has 0 unspecified atom stereocenters. The van der Waals surface area contributed by atoms with Gasteiger partial charge in [-0.05, 0) is 17.7 Å². The smallest absolute Gasteiger partial charge is 0.136 e. The molecule has 0 saturated carbocycles. The quantitative estimate of drug-likeness (QED) is 0.569. The molecule has 78 valence electrons. The molecule has 1 aromatic heterocycles. The topological polar surface area (TPSA) is 68.8 Å². The number of nitrogen functional groups attached to an aromatic ring is 1. The molecular formula is C10H13N5. The number of anilines is 1. The minimum Gasteiger partial charge on any atom is -0.324 e. The number of rotatable bonds is 3. The standard InChI is InChI=1S/C10H13N5/c1-15-7-12-14-10(15)6-8-2-4-9(13-11)5-3-8/h2-5,7,13H,6,11H2,1H3. The number of nitrogens with zero attached hydrogens (tertiary/aromatic N) is 3. The van der Waals surface area contributed by atoms with Crippen LogP contribution in [0, 0.1) is 0 Å². The number of hydrazine groups is 1. The second kappa shape index (κ2) is 4.10. The first kappa shape index (κ1) is 9.67. The molecule has 5 heteroatoms. The highest BCUT2D eigenvalue weighted by Crippen LogP contribution is 2.10. The maximum atomic E-state index is 5.28. The zero-order valence-corrected chi connectivity index (χ0v) is 8.51. The van der Waals surface area contributed by atoms with Crippen molar-refractivity contribution in [2.45, 2.75) is 6.42 Å². The molecule has 0 bridgehead atoms. The van der Waals surface area contributed by atoms with E-state index in [4.69, 9.17) is 5.84 Å². The van der Waals surface area contributed by atoms with E-state index in [1.54, 1.807) is 6.33 Å². The van der Waals surface area contributed by atoms with Gasteiger partial charge in [0.25, 0.3) is 0 Å². The van der Waals surface area contributed by atoms with Crippen molar-refractivity contribution in [1.82, 2.24) is 14.8 Å². The highest BCUT2D eigenvalue weighted by Gasteiger charge is 2.01. The van der Waals surface area contributed by atoms with Gasteiger partial charge in [-0.25, -0.2) is 0 Å². The van der Waals surface area contributed by atoms with Gasteiger partial charge in [0.1, 0.15) is 12.2 Å². The summed E-state index contributed by atoms with van der Waals surface area (Å²) in [6.45, 7) is 0. The summed E-state index contributed by atoms with van der Waals surface area (Å²) in [7, 11) is 1.94. The van der Waals surface area contributed by atoms with Gasteiger partial charge in [-0.1, -0.05) is 12.1 Å². The van der Waals surface area contributed by atoms with E-state index < -0.39 is 0 Å². The molecule has 3 N–H and O–H groups in total. The Balaban J connectivity index is 2.14. The average Bonchev–Trinajstić information content (AvgIpc) is 2.66. The van der Waals surface area contributed by atoms with Crippen LogP contribution in [0.25, 0.3) is 0 Å². The second-order valence-electron chi connectivity index (χ2n) is 3.38. The van der Waals surface area contributed by atoms with E-state index in [1.165, 1.54) is 5.56 Å². The lowest BCUT2D eigenvalue weighted by atomic mass is 10.1. The lowest BCUT2D eigenvalue weighted by Gasteiger charge is -2.03. The second-order valence-corrected chi connectivity index (χ2v) is 3.38. The Hall–Kier alpha value is -1.88. The van der Waals surface area contributed by atoms with Crippen molar-refractivity contribution in [2.24, 2.45) is 12.9 Å². The van der Waals surface area contributed by atoms with Crippen molar-refractivity contribution in [3.05, 3.63) is 42.0 Å². The summed E-state index contributed by atoms with van der Waals surface area (Å²) in [5, 5.41) is 7.86. The molecule has 0 radical (unpaired) electrons. The normalized spacial score (nSPS) is 10.3. The van der Waals surface area contributed by atoms with Crippen molar-refractivity contribution in [3.63, 3.8) is 0 Å². The monoisotopic (exact) mass is 203 g/mol. The summed E-state index contributed by atoms with van der Waals surface area (Å²) in [4.78, 5) is 0. The summed E-state index contributed by atoms with van der Waals surface area (Å²) in [6.07, 6.45) is 2.48. The van der Waals surface area contributed by atoms with Gasteiger partial charge in [0, 0.05) is 19.2 Å². The largest absolute Gasteiger partial charge is 0.324 e. The van der Waals surface area contributed by atoms with E-state index in [1.807, 2.05) is 35.9 Å². The maximum Gasteiger partial charge on any atom is 0.136 e. The zero-order chi connectivity index (χ0) is 10.7. The lowest BCUT2D eigenvalue weighted by molar-refractivity contribution is 0.821. The fourth-order valence-electron chi connectivity index (χ4n) is 1.37. The maximum absolute atomic E-state index is 5.28. The summed E-state index contributed by atoms with van der Waals surface area (Å²) in [6, 6.07) is 7.91. The Morgan fingerprint density at radius 1 is 1.33 bits per heavy atom. The van der Waals surface area contributed by atoms with Gasteiger partial charge < -0.3 is 9.99 Å². The fraction of sp³-hybridized carbons (Fsp3) is 0.200. The Labute approximate surface area is 87.9 Å². The molecule has 0 spiro atoms. The zero-order valence-electron chi connectivity index (χ0n) is 8.51. The number of hydrogen-bond donors (Lipinski definition) is 2. The number of aryl methyl sites for hydroxylation is 1. The number of aromatic nitrogens is 3.